The molecule has 1 unspecified atom stereocenters. The summed E-state index contributed by atoms with van der Waals surface area (Å²) in [7, 11) is 0. The zero-order valence-electron chi connectivity index (χ0n) is 15.2. The third kappa shape index (κ3) is 3.60. The van der Waals surface area contributed by atoms with Crippen LogP contribution in [0.25, 0.3) is 21.7 Å². The molecule has 0 radical (unpaired) electrons. The number of amides is 1. The number of rotatable bonds is 6. The third-order valence-electron chi connectivity index (χ3n) is 4.96. The molecule has 1 aromatic heterocycles. The summed E-state index contributed by atoms with van der Waals surface area (Å²) >= 11 is 0. The van der Waals surface area contributed by atoms with Crippen molar-refractivity contribution >= 4 is 33.6 Å². The second-order valence-electron chi connectivity index (χ2n) is 6.84. The minimum Gasteiger partial charge on any atom is -0.480 e. The lowest BCUT2D eigenvalue weighted by Gasteiger charge is -2.15. The summed E-state index contributed by atoms with van der Waals surface area (Å²) in [6.07, 6.45) is 2.16. The van der Waals surface area contributed by atoms with Gasteiger partial charge >= 0.3 is 5.97 Å². The fourth-order valence-corrected chi connectivity index (χ4v) is 3.59. The van der Waals surface area contributed by atoms with E-state index in [-0.39, 0.29) is 18.7 Å². The molecule has 0 fully saturated rings. The zero-order valence-corrected chi connectivity index (χ0v) is 15.2. The van der Waals surface area contributed by atoms with Crippen LogP contribution in [-0.4, -0.2) is 28.0 Å². The summed E-state index contributed by atoms with van der Waals surface area (Å²) in [4.78, 5) is 27.5. The maximum Gasteiger partial charge on any atom is 0.326 e. The van der Waals surface area contributed by atoms with Gasteiger partial charge in [0.05, 0.1) is 6.42 Å². The van der Waals surface area contributed by atoms with E-state index in [0.717, 1.165) is 32.8 Å². The molecule has 3 N–H and O–H groups in total. The van der Waals surface area contributed by atoms with Crippen LogP contribution in [0, 0.1) is 0 Å². The first-order valence-electron chi connectivity index (χ1n) is 9.15. The zero-order chi connectivity index (χ0) is 19.5. The number of fused-ring (bicyclic) bond motifs is 2. The summed E-state index contributed by atoms with van der Waals surface area (Å²) in [6.45, 7) is 0. The molecule has 0 bridgehead atoms. The maximum atomic E-state index is 12.6. The fraction of sp³-hybridized carbons (Fsp3) is 0.130. The fourth-order valence-electron chi connectivity index (χ4n) is 3.59. The SMILES string of the molecule is O=C(Cc1cccc2ccccc12)NC(Cc1c[nH]c2ccccc12)C(=O)O. The highest BCUT2D eigenvalue weighted by Gasteiger charge is 2.22. The van der Waals surface area contributed by atoms with Crippen LogP contribution >= 0.6 is 0 Å². The molecule has 1 heterocycles. The quantitative estimate of drug-likeness (QED) is 0.483. The van der Waals surface area contributed by atoms with Gasteiger partial charge in [-0.3, -0.25) is 4.79 Å². The van der Waals surface area contributed by atoms with Gasteiger partial charge < -0.3 is 15.4 Å². The average molecular weight is 372 g/mol. The third-order valence-corrected chi connectivity index (χ3v) is 4.96. The van der Waals surface area contributed by atoms with E-state index in [1.807, 2.05) is 66.7 Å². The molecule has 0 aliphatic rings. The molecule has 1 amide bonds. The molecule has 140 valence electrons. The number of aromatic nitrogens is 1. The van der Waals surface area contributed by atoms with Gasteiger partial charge in [-0.2, -0.15) is 0 Å². The van der Waals surface area contributed by atoms with Gasteiger partial charge in [0.15, 0.2) is 0 Å². The highest BCUT2D eigenvalue weighted by Crippen LogP contribution is 2.20. The van der Waals surface area contributed by atoms with E-state index in [0.29, 0.717) is 0 Å². The molecule has 0 saturated heterocycles. The predicted molar refractivity (Wildman–Crippen MR) is 109 cm³/mol. The first-order valence-corrected chi connectivity index (χ1v) is 9.15. The average Bonchev–Trinajstić information content (AvgIpc) is 3.11. The number of carbonyl (C=O) groups is 2. The number of benzene rings is 3. The van der Waals surface area contributed by atoms with Crippen LogP contribution < -0.4 is 5.32 Å². The van der Waals surface area contributed by atoms with E-state index < -0.39 is 12.0 Å². The number of nitrogens with one attached hydrogen (secondary N) is 2. The molecular formula is C23H20N2O3. The first kappa shape index (κ1) is 17.8. The minimum absolute atomic E-state index is 0.138. The van der Waals surface area contributed by atoms with Crippen molar-refractivity contribution in [1.29, 1.82) is 0 Å². The molecule has 5 nitrogen and oxygen atoms in total. The van der Waals surface area contributed by atoms with Crippen LogP contribution in [-0.2, 0) is 22.4 Å². The van der Waals surface area contributed by atoms with E-state index in [9.17, 15) is 14.7 Å². The van der Waals surface area contributed by atoms with Gasteiger partial charge in [-0.05, 0) is 28.0 Å². The summed E-state index contributed by atoms with van der Waals surface area (Å²) in [6, 6.07) is 20.4. The predicted octanol–water partition coefficient (Wildman–Crippen LogP) is 3.68. The van der Waals surface area contributed by atoms with E-state index in [1.165, 1.54) is 0 Å². The van der Waals surface area contributed by atoms with Crippen molar-refractivity contribution in [1.82, 2.24) is 10.3 Å². The molecule has 5 heteroatoms. The summed E-state index contributed by atoms with van der Waals surface area (Å²) in [5.41, 5.74) is 2.70. The van der Waals surface area contributed by atoms with E-state index in [4.69, 9.17) is 0 Å². The Balaban J connectivity index is 1.51. The number of aromatic amines is 1. The van der Waals surface area contributed by atoms with E-state index in [2.05, 4.69) is 10.3 Å². The Hall–Kier alpha value is -3.60. The molecule has 0 saturated carbocycles. The Labute approximate surface area is 162 Å². The second kappa shape index (κ2) is 7.56. The molecular weight excluding hydrogens is 352 g/mol. The van der Waals surface area contributed by atoms with Gasteiger partial charge in [0.1, 0.15) is 6.04 Å². The lowest BCUT2D eigenvalue weighted by Crippen LogP contribution is -2.43. The molecule has 4 rings (SSSR count). The van der Waals surface area contributed by atoms with Crippen LogP contribution in [0.4, 0.5) is 0 Å². The normalized spacial score (nSPS) is 12.1. The monoisotopic (exact) mass is 372 g/mol. The Bertz CT molecular complexity index is 1160. The van der Waals surface area contributed by atoms with Crippen molar-refractivity contribution in [2.24, 2.45) is 0 Å². The van der Waals surface area contributed by atoms with Gasteiger partial charge in [-0.1, -0.05) is 60.7 Å². The van der Waals surface area contributed by atoms with Crippen molar-refractivity contribution in [3.05, 3.63) is 84.1 Å². The summed E-state index contributed by atoms with van der Waals surface area (Å²) in [5, 5.41) is 15.3. The minimum atomic E-state index is -1.04. The van der Waals surface area contributed by atoms with Crippen LogP contribution in [0.2, 0.25) is 0 Å². The molecule has 0 aliphatic heterocycles. The number of para-hydroxylation sites is 1. The van der Waals surface area contributed by atoms with Crippen molar-refractivity contribution in [3.8, 4) is 0 Å². The Morgan fingerprint density at radius 2 is 1.61 bits per heavy atom. The molecule has 0 spiro atoms. The van der Waals surface area contributed by atoms with Crippen molar-refractivity contribution in [3.63, 3.8) is 0 Å². The van der Waals surface area contributed by atoms with Crippen LogP contribution in [0.5, 0.6) is 0 Å². The summed E-state index contributed by atoms with van der Waals surface area (Å²) in [5.74, 6) is -1.35. The smallest absolute Gasteiger partial charge is 0.326 e. The number of carbonyl (C=O) groups excluding carboxylic acids is 1. The number of hydrogen-bond acceptors (Lipinski definition) is 2. The molecule has 28 heavy (non-hydrogen) atoms. The lowest BCUT2D eigenvalue weighted by atomic mass is 10.0. The highest BCUT2D eigenvalue weighted by atomic mass is 16.4. The summed E-state index contributed by atoms with van der Waals surface area (Å²) < 4.78 is 0. The van der Waals surface area contributed by atoms with Gasteiger partial charge in [-0.25, -0.2) is 4.79 Å². The first-order chi connectivity index (χ1) is 13.6. The number of carboxylic acid groups (broad SMARTS) is 1. The van der Waals surface area contributed by atoms with Gasteiger partial charge in [0.25, 0.3) is 0 Å². The van der Waals surface area contributed by atoms with Crippen LogP contribution in [0.15, 0.2) is 72.9 Å². The topological polar surface area (TPSA) is 82.2 Å². The maximum absolute atomic E-state index is 12.6. The number of carboxylic acids is 1. The van der Waals surface area contributed by atoms with Crippen molar-refractivity contribution in [2.45, 2.75) is 18.9 Å². The molecule has 4 aromatic rings. The molecule has 1 atom stereocenters. The lowest BCUT2D eigenvalue weighted by molar-refractivity contribution is -0.141. The van der Waals surface area contributed by atoms with Gasteiger partial charge in [0, 0.05) is 23.5 Å². The number of H-pyrrole nitrogens is 1. The molecule has 3 aromatic carbocycles. The Morgan fingerprint density at radius 1 is 0.893 bits per heavy atom. The molecule has 0 aliphatic carbocycles. The highest BCUT2D eigenvalue weighted by molar-refractivity contribution is 5.92. The van der Waals surface area contributed by atoms with E-state index >= 15 is 0 Å². The second-order valence-corrected chi connectivity index (χ2v) is 6.84. The Kier molecular flexibility index (Phi) is 4.81. The number of aliphatic carboxylic acids is 1. The largest absolute Gasteiger partial charge is 0.480 e. The van der Waals surface area contributed by atoms with Crippen molar-refractivity contribution < 1.29 is 14.7 Å². The van der Waals surface area contributed by atoms with Crippen LogP contribution in [0.1, 0.15) is 11.1 Å². The standard InChI is InChI=1S/C23H20N2O3/c26-22(13-16-8-5-7-15-6-1-2-9-18(15)16)25-21(23(27)28)12-17-14-24-20-11-4-3-10-19(17)20/h1-11,14,21,24H,12-13H2,(H,25,26)(H,27,28). The van der Waals surface area contributed by atoms with Gasteiger partial charge in [-0.15, -0.1) is 0 Å². The Morgan fingerprint density at radius 3 is 2.43 bits per heavy atom. The van der Waals surface area contributed by atoms with Crippen LogP contribution in [0.3, 0.4) is 0 Å². The number of hydrogen-bond donors (Lipinski definition) is 3. The van der Waals surface area contributed by atoms with Crippen molar-refractivity contribution in [2.75, 3.05) is 0 Å². The van der Waals surface area contributed by atoms with Gasteiger partial charge in [0.2, 0.25) is 5.91 Å². The van der Waals surface area contributed by atoms with E-state index in [1.54, 1.807) is 6.20 Å².